The van der Waals surface area contributed by atoms with Crippen LogP contribution in [0.1, 0.15) is 25.7 Å². The molecule has 0 radical (unpaired) electrons. The number of nitrogens with one attached hydrogen (secondary N) is 1. The lowest BCUT2D eigenvalue weighted by molar-refractivity contribution is -0.143. The largest absolute Gasteiger partial charge is 0.481 e. The molecule has 0 saturated heterocycles. The number of urea groups is 1. The maximum atomic E-state index is 11.7. The predicted molar refractivity (Wildman–Crippen MR) is 71.1 cm³/mol. The number of esters is 1. The Morgan fingerprint density at radius 3 is 2.35 bits per heavy atom. The van der Waals surface area contributed by atoms with Gasteiger partial charge in [-0.25, -0.2) is 4.79 Å². The number of carbonyl (C=O) groups is 3. The van der Waals surface area contributed by atoms with Gasteiger partial charge in [-0.3, -0.25) is 9.59 Å². The van der Waals surface area contributed by atoms with E-state index in [1.807, 2.05) is 0 Å². The highest BCUT2D eigenvalue weighted by Crippen LogP contribution is 2.28. The van der Waals surface area contributed by atoms with Crippen LogP contribution in [0.2, 0.25) is 0 Å². The summed E-state index contributed by atoms with van der Waals surface area (Å²) in [5.41, 5.74) is 0. The molecule has 1 saturated carbocycles. The van der Waals surface area contributed by atoms with E-state index < -0.39 is 11.9 Å². The van der Waals surface area contributed by atoms with Crippen LogP contribution in [-0.2, 0) is 14.3 Å². The van der Waals surface area contributed by atoms with E-state index in [1.165, 1.54) is 19.1 Å². The van der Waals surface area contributed by atoms with E-state index in [0.29, 0.717) is 25.3 Å². The van der Waals surface area contributed by atoms with Gasteiger partial charge in [0.1, 0.15) is 6.54 Å². The highest BCUT2D eigenvalue weighted by Gasteiger charge is 2.26. The maximum absolute atomic E-state index is 11.7. The van der Waals surface area contributed by atoms with Gasteiger partial charge in [0.05, 0.1) is 13.0 Å². The number of ether oxygens (including phenoxy) is 1. The summed E-state index contributed by atoms with van der Waals surface area (Å²) in [6, 6.07) is -0.323. The summed E-state index contributed by atoms with van der Waals surface area (Å²) in [6.07, 6.45) is 2.93. The Kier molecular flexibility index (Phi) is 6.27. The summed E-state index contributed by atoms with van der Waals surface area (Å²) < 4.78 is 4.48. The first-order valence-corrected chi connectivity index (χ1v) is 6.72. The monoisotopic (exact) mass is 286 g/mol. The zero-order valence-corrected chi connectivity index (χ0v) is 11.9. The number of rotatable bonds is 5. The summed E-state index contributed by atoms with van der Waals surface area (Å²) in [5.74, 6) is -1.14. The molecular formula is C13H22N2O5. The third-order valence-corrected chi connectivity index (χ3v) is 3.68. The highest BCUT2D eigenvalue weighted by molar-refractivity contribution is 5.80. The lowest BCUT2D eigenvalue weighted by atomic mass is 9.82. The van der Waals surface area contributed by atoms with Crippen molar-refractivity contribution in [1.82, 2.24) is 10.2 Å². The molecule has 1 rings (SSSR count). The highest BCUT2D eigenvalue weighted by atomic mass is 16.5. The summed E-state index contributed by atoms with van der Waals surface area (Å²) in [4.78, 5) is 34.8. The Morgan fingerprint density at radius 2 is 1.85 bits per heavy atom. The number of carboxylic acid groups (broad SMARTS) is 1. The van der Waals surface area contributed by atoms with Gasteiger partial charge >= 0.3 is 18.0 Å². The smallest absolute Gasteiger partial charge is 0.325 e. The lowest BCUT2D eigenvalue weighted by Gasteiger charge is -2.27. The fraction of sp³-hybridized carbons (Fsp3) is 0.769. The quantitative estimate of drug-likeness (QED) is 0.725. The average molecular weight is 286 g/mol. The fourth-order valence-corrected chi connectivity index (χ4v) is 2.31. The number of methoxy groups -OCH3 is 1. The minimum absolute atomic E-state index is 0.0892. The van der Waals surface area contributed by atoms with Crippen molar-refractivity contribution in [3.8, 4) is 0 Å². The first-order valence-electron chi connectivity index (χ1n) is 6.72. The Morgan fingerprint density at radius 1 is 1.25 bits per heavy atom. The standard InChI is InChI=1S/C13H22N2O5/c1-15(8-11(16)20-2)13(19)14-7-9-3-5-10(6-4-9)12(17)18/h9-10H,3-8H2,1-2H3,(H,14,19)(H,17,18). The van der Waals surface area contributed by atoms with Gasteiger partial charge in [0.25, 0.3) is 0 Å². The zero-order valence-electron chi connectivity index (χ0n) is 11.9. The summed E-state index contributed by atoms with van der Waals surface area (Å²) >= 11 is 0. The van der Waals surface area contributed by atoms with Gasteiger partial charge in [-0.2, -0.15) is 0 Å². The first kappa shape index (κ1) is 16.3. The van der Waals surface area contributed by atoms with Gasteiger partial charge < -0.3 is 20.1 Å². The second kappa shape index (κ2) is 7.72. The van der Waals surface area contributed by atoms with Crippen molar-refractivity contribution in [2.45, 2.75) is 25.7 Å². The molecule has 0 bridgehead atoms. The first-order chi connectivity index (χ1) is 9.43. The summed E-state index contributed by atoms with van der Waals surface area (Å²) in [7, 11) is 2.79. The Labute approximate surface area is 118 Å². The van der Waals surface area contributed by atoms with Gasteiger partial charge in [0, 0.05) is 13.6 Å². The third-order valence-electron chi connectivity index (χ3n) is 3.68. The minimum Gasteiger partial charge on any atom is -0.481 e. The number of hydrogen-bond donors (Lipinski definition) is 2. The number of nitrogens with zero attached hydrogens (tertiary/aromatic N) is 1. The molecule has 0 atom stereocenters. The number of hydrogen-bond acceptors (Lipinski definition) is 4. The average Bonchev–Trinajstić information content (AvgIpc) is 2.44. The summed E-state index contributed by atoms with van der Waals surface area (Å²) in [6.45, 7) is 0.421. The molecule has 20 heavy (non-hydrogen) atoms. The van der Waals surface area contributed by atoms with Crippen LogP contribution in [0.15, 0.2) is 0 Å². The topological polar surface area (TPSA) is 95.9 Å². The zero-order chi connectivity index (χ0) is 15.1. The molecule has 0 aromatic heterocycles. The van der Waals surface area contributed by atoms with Crippen molar-refractivity contribution in [2.24, 2.45) is 11.8 Å². The minimum atomic E-state index is -0.731. The van der Waals surface area contributed by atoms with Crippen LogP contribution in [0.25, 0.3) is 0 Å². The molecule has 7 nitrogen and oxygen atoms in total. The van der Waals surface area contributed by atoms with Crippen LogP contribution in [-0.4, -0.2) is 55.2 Å². The molecule has 7 heteroatoms. The Bertz CT molecular complexity index is 364. The van der Waals surface area contributed by atoms with Gasteiger partial charge in [-0.1, -0.05) is 0 Å². The Hall–Kier alpha value is -1.79. The van der Waals surface area contributed by atoms with Crippen molar-refractivity contribution in [3.05, 3.63) is 0 Å². The number of likely N-dealkylation sites (N-methyl/N-ethyl adjacent to an activating group) is 1. The van der Waals surface area contributed by atoms with Crippen molar-refractivity contribution < 1.29 is 24.2 Å². The maximum Gasteiger partial charge on any atom is 0.325 e. The summed E-state index contributed by atoms with van der Waals surface area (Å²) in [5, 5.41) is 11.7. The van der Waals surface area contributed by atoms with Crippen LogP contribution in [0.4, 0.5) is 4.79 Å². The number of carboxylic acids is 1. The number of carbonyl (C=O) groups excluding carboxylic acids is 2. The molecule has 2 N–H and O–H groups in total. The van der Waals surface area contributed by atoms with Gasteiger partial charge in [0.2, 0.25) is 0 Å². The van der Waals surface area contributed by atoms with Crippen molar-refractivity contribution in [1.29, 1.82) is 0 Å². The molecule has 1 aliphatic rings. The second-order valence-electron chi connectivity index (χ2n) is 5.17. The van der Waals surface area contributed by atoms with Gasteiger partial charge in [-0.15, -0.1) is 0 Å². The SMILES string of the molecule is COC(=O)CN(C)C(=O)NCC1CCC(C(=O)O)CC1. The van der Waals surface area contributed by atoms with E-state index in [4.69, 9.17) is 5.11 Å². The second-order valence-corrected chi connectivity index (χ2v) is 5.17. The van der Waals surface area contributed by atoms with E-state index in [2.05, 4.69) is 10.1 Å². The van der Waals surface area contributed by atoms with E-state index >= 15 is 0 Å². The van der Waals surface area contributed by atoms with Crippen LogP contribution in [0.3, 0.4) is 0 Å². The molecule has 0 unspecified atom stereocenters. The van der Waals surface area contributed by atoms with Crippen molar-refractivity contribution in [3.63, 3.8) is 0 Å². The number of amides is 2. The molecule has 0 spiro atoms. The molecule has 1 fully saturated rings. The molecule has 2 amide bonds. The molecule has 1 aliphatic carbocycles. The van der Waals surface area contributed by atoms with Crippen LogP contribution >= 0.6 is 0 Å². The van der Waals surface area contributed by atoms with Crippen molar-refractivity contribution >= 4 is 18.0 Å². The molecule has 0 heterocycles. The Balaban J connectivity index is 2.25. The fourth-order valence-electron chi connectivity index (χ4n) is 2.31. The van der Waals surface area contributed by atoms with Crippen LogP contribution in [0.5, 0.6) is 0 Å². The molecule has 0 aromatic rings. The lowest BCUT2D eigenvalue weighted by Crippen LogP contribution is -2.42. The van der Waals surface area contributed by atoms with Crippen LogP contribution in [0, 0.1) is 11.8 Å². The number of aliphatic carboxylic acids is 1. The normalized spacial score (nSPS) is 21.9. The molecule has 114 valence electrons. The molecule has 0 aliphatic heterocycles. The van der Waals surface area contributed by atoms with Gasteiger partial charge in [-0.05, 0) is 31.6 Å². The van der Waals surface area contributed by atoms with E-state index in [0.717, 1.165) is 12.8 Å². The van der Waals surface area contributed by atoms with E-state index in [9.17, 15) is 14.4 Å². The van der Waals surface area contributed by atoms with Gasteiger partial charge in [0.15, 0.2) is 0 Å². The van der Waals surface area contributed by atoms with E-state index in [1.54, 1.807) is 0 Å². The molecular weight excluding hydrogens is 264 g/mol. The molecule has 0 aromatic carbocycles. The van der Waals surface area contributed by atoms with E-state index in [-0.39, 0.29) is 18.5 Å². The predicted octanol–water partition coefficient (Wildman–Crippen LogP) is 0.692. The van der Waals surface area contributed by atoms with Crippen molar-refractivity contribution in [2.75, 3.05) is 27.2 Å². The van der Waals surface area contributed by atoms with Crippen LogP contribution < -0.4 is 5.32 Å². The third kappa shape index (κ3) is 5.07.